The highest BCUT2D eigenvalue weighted by Gasteiger charge is 2.00. The third kappa shape index (κ3) is 4.72. The van der Waals surface area contributed by atoms with E-state index in [0.717, 1.165) is 11.3 Å². The predicted octanol–water partition coefficient (Wildman–Crippen LogP) is 2.48. The van der Waals surface area contributed by atoms with Gasteiger partial charge in [0.1, 0.15) is 5.75 Å². The second kappa shape index (κ2) is 6.74. The summed E-state index contributed by atoms with van der Waals surface area (Å²) in [5.41, 5.74) is 0.898. The Morgan fingerprint density at radius 1 is 1.41 bits per heavy atom. The van der Waals surface area contributed by atoms with E-state index in [1.807, 2.05) is 24.3 Å². The number of para-hydroxylation sites is 1. The van der Waals surface area contributed by atoms with E-state index in [1.54, 1.807) is 13.2 Å². The van der Waals surface area contributed by atoms with Gasteiger partial charge >= 0.3 is 0 Å². The molecular formula is C14H19NO2. The molecule has 1 aromatic rings. The molecular weight excluding hydrogens is 214 g/mol. The predicted molar refractivity (Wildman–Crippen MR) is 69.9 cm³/mol. The molecule has 3 nitrogen and oxygen atoms in total. The minimum Gasteiger partial charge on any atom is -0.496 e. The summed E-state index contributed by atoms with van der Waals surface area (Å²) in [5.74, 6) is 1.14. The molecule has 0 unspecified atom stereocenters. The van der Waals surface area contributed by atoms with E-state index in [1.165, 1.54) is 6.08 Å². The van der Waals surface area contributed by atoms with E-state index in [0.29, 0.717) is 12.5 Å². The van der Waals surface area contributed by atoms with Gasteiger partial charge in [-0.15, -0.1) is 0 Å². The average Bonchev–Trinajstić information content (AvgIpc) is 2.34. The molecule has 0 spiro atoms. The number of hydrogen-bond acceptors (Lipinski definition) is 2. The van der Waals surface area contributed by atoms with Crippen molar-refractivity contribution in [3.8, 4) is 5.75 Å². The SMILES string of the molecule is COc1ccccc1/C=C\C(=O)NCC(C)C. The quantitative estimate of drug-likeness (QED) is 0.793. The van der Waals surface area contributed by atoms with Crippen molar-refractivity contribution >= 4 is 12.0 Å². The van der Waals surface area contributed by atoms with Gasteiger partial charge in [-0.2, -0.15) is 0 Å². The van der Waals surface area contributed by atoms with E-state index < -0.39 is 0 Å². The lowest BCUT2D eigenvalue weighted by atomic mass is 10.2. The van der Waals surface area contributed by atoms with Gasteiger partial charge in [-0.25, -0.2) is 0 Å². The van der Waals surface area contributed by atoms with Crippen LogP contribution in [0.3, 0.4) is 0 Å². The third-order valence-electron chi connectivity index (χ3n) is 2.24. The largest absolute Gasteiger partial charge is 0.496 e. The van der Waals surface area contributed by atoms with Gasteiger partial charge in [0.25, 0.3) is 0 Å². The zero-order valence-corrected chi connectivity index (χ0v) is 10.6. The number of benzene rings is 1. The van der Waals surface area contributed by atoms with E-state index in [9.17, 15) is 4.79 Å². The summed E-state index contributed by atoms with van der Waals surface area (Å²) in [6.45, 7) is 4.81. The molecule has 0 saturated carbocycles. The Kier molecular flexibility index (Phi) is 5.27. The molecule has 1 amide bonds. The minimum absolute atomic E-state index is 0.0791. The van der Waals surface area contributed by atoms with Gasteiger partial charge in [-0.3, -0.25) is 4.79 Å². The maximum atomic E-state index is 11.5. The normalized spacial score (nSPS) is 10.8. The van der Waals surface area contributed by atoms with Crippen LogP contribution in [0.15, 0.2) is 30.3 Å². The lowest BCUT2D eigenvalue weighted by Crippen LogP contribution is -2.25. The van der Waals surface area contributed by atoms with Crippen molar-refractivity contribution < 1.29 is 9.53 Å². The van der Waals surface area contributed by atoms with Crippen LogP contribution in [-0.2, 0) is 4.79 Å². The van der Waals surface area contributed by atoms with Crippen molar-refractivity contribution in [3.05, 3.63) is 35.9 Å². The first-order valence-electron chi connectivity index (χ1n) is 5.72. The minimum atomic E-state index is -0.0791. The molecule has 0 heterocycles. The standard InChI is InChI=1S/C14H19NO2/c1-11(2)10-15-14(16)9-8-12-6-4-5-7-13(12)17-3/h4-9,11H,10H2,1-3H3,(H,15,16)/b9-8-. The molecule has 0 aromatic heterocycles. The van der Waals surface area contributed by atoms with Crippen LogP contribution in [0.1, 0.15) is 19.4 Å². The number of carbonyl (C=O) groups excluding carboxylic acids is 1. The molecule has 0 saturated heterocycles. The molecule has 17 heavy (non-hydrogen) atoms. The number of carbonyl (C=O) groups is 1. The zero-order valence-electron chi connectivity index (χ0n) is 10.6. The lowest BCUT2D eigenvalue weighted by molar-refractivity contribution is -0.116. The second-order valence-corrected chi connectivity index (χ2v) is 4.21. The zero-order chi connectivity index (χ0) is 12.7. The molecule has 0 aliphatic heterocycles. The molecule has 92 valence electrons. The van der Waals surface area contributed by atoms with Crippen molar-refractivity contribution in [2.24, 2.45) is 5.92 Å². The molecule has 0 aliphatic carbocycles. The number of hydrogen-bond donors (Lipinski definition) is 1. The van der Waals surface area contributed by atoms with Crippen LogP contribution in [0.4, 0.5) is 0 Å². The molecule has 3 heteroatoms. The van der Waals surface area contributed by atoms with Crippen molar-refractivity contribution in [2.45, 2.75) is 13.8 Å². The summed E-state index contributed by atoms with van der Waals surface area (Å²) < 4.78 is 5.19. The first-order chi connectivity index (χ1) is 8.13. The maximum absolute atomic E-state index is 11.5. The highest BCUT2D eigenvalue weighted by atomic mass is 16.5. The lowest BCUT2D eigenvalue weighted by Gasteiger charge is -2.05. The Balaban J connectivity index is 2.60. The van der Waals surface area contributed by atoms with Crippen LogP contribution in [0, 0.1) is 5.92 Å². The molecule has 0 atom stereocenters. The third-order valence-corrected chi connectivity index (χ3v) is 2.24. The fourth-order valence-corrected chi connectivity index (χ4v) is 1.33. The topological polar surface area (TPSA) is 38.3 Å². The maximum Gasteiger partial charge on any atom is 0.244 e. The molecule has 0 aliphatic rings. The number of amides is 1. The van der Waals surface area contributed by atoms with Crippen LogP contribution < -0.4 is 10.1 Å². The van der Waals surface area contributed by atoms with Gasteiger partial charge < -0.3 is 10.1 Å². The van der Waals surface area contributed by atoms with E-state index >= 15 is 0 Å². The van der Waals surface area contributed by atoms with Gasteiger partial charge in [0.2, 0.25) is 5.91 Å². The van der Waals surface area contributed by atoms with Gasteiger partial charge in [0, 0.05) is 18.2 Å². The summed E-state index contributed by atoms with van der Waals surface area (Å²) in [6.07, 6.45) is 3.29. The van der Waals surface area contributed by atoms with Crippen LogP contribution in [0.2, 0.25) is 0 Å². The molecule has 1 rings (SSSR count). The summed E-state index contributed by atoms with van der Waals surface area (Å²) in [5, 5.41) is 2.82. The molecule has 0 fully saturated rings. The van der Waals surface area contributed by atoms with Gasteiger partial charge in [0.15, 0.2) is 0 Å². The van der Waals surface area contributed by atoms with Crippen LogP contribution in [0.5, 0.6) is 5.75 Å². The number of ether oxygens (including phenoxy) is 1. The number of methoxy groups -OCH3 is 1. The van der Waals surface area contributed by atoms with Crippen molar-refractivity contribution in [1.29, 1.82) is 0 Å². The van der Waals surface area contributed by atoms with Crippen LogP contribution >= 0.6 is 0 Å². The fourth-order valence-electron chi connectivity index (χ4n) is 1.33. The summed E-state index contributed by atoms with van der Waals surface area (Å²) in [4.78, 5) is 11.5. The Morgan fingerprint density at radius 2 is 2.12 bits per heavy atom. The Bertz CT molecular complexity index is 397. The second-order valence-electron chi connectivity index (χ2n) is 4.21. The van der Waals surface area contributed by atoms with Crippen LogP contribution in [0.25, 0.3) is 6.08 Å². The van der Waals surface area contributed by atoms with Crippen molar-refractivity contribution in [2.75, 3.05) is 13.7 Å². The highest BCUT2D eigenvalue weighted by Crippen LogP contribution is 2.18. The summed E-state index contributed by atoms with van der Waals surface area (Å²) in [6, 6.07) is 7.58. The van der Waals surface area contributed by atoms with Gasteiger partial charge in [-0.1, -0.05) is 32.0 Å². The van der Waals surface area contributed by atoms with Crippen LogP contribution in [-0.4, -0.2) is 19.6 Å². The van der Waals surface area contributed by atoms with E-state index in [-0.39, 0.29) is 5.91 Å². The molecule has 1 aromatic carbocycles. The smallest absolute Gasteiger partial charge is 0.244 e. The highest BCUT2D eigenvalue weighted by molar-refractivity contribution is 5.92. The molecule has 0 radical (unpaired) electrons. The van der Waals surface area contributed by atoms with Crippen molar-refractivity contribution in [1.82, 2.24) is 5.32 Å². The molecule has 0 bridgehead atoms. The average molecular weight is 233 g/mol. The summed E-state index contributed by atoms with van der Waals surface area (Å²) >= 11 is 0. The van der Waals surface area contributed by atoms with Crippen molar-refractivity contribution in [3.63, 3.8) is 0 Å². The van der Waals surface area contributed by atoms with Gasteiger partial charge in [-0.05, 0) is 18.1 Å². The Morgan fingerprint density at radius 3 is 2.76 bits per heavy atom. The first-order valence-corrected chi connectivity index (χ1v) is 5.72. The van der Waals surface area contributed by atoms with E-state index in [2.05, 4.69) is 19.2 Å². The van der Waals surface area contributed by atoms with E-state index in [4.69, 9.17) is 4.74 Å². The molecule has 1 N–H and O–H groups in total. The number of nitrogens with one attached hydrogen (secondary N) is 1. The Hall–Kier alpha value is -1.77. The summed E-state index contributed by atoms with van der Waals surface area (Å²) in [7, 11) is 1.62. The Labute approximate surface area is 102 Å². The fraction of sp³-hybridized carbons (Fsp3) is 0.357. The number of rotatable bonds is 5. The monoisotopic (exact) mass is 233 g/mol. The first kappa shape index (κ1) is 13.3. The van der Waals surface area contributed by atoms with Gasteiger partial charge in [0.05, 0.1) is 7.11 Å².